The van der Waals surface area contributed by atoms with Crippen LogP contribution in [0, 0.1) is 0 Å². The molecule has 6 nitrogen and oxygen atoms in total. The van der Waals surface area contributed by atoms with Crippen LogP contribution in [-0.2, 0) is 9.53 Å². The summed E-state index contributed by atoms with van der Waals surface area (Å²) in [6.07, 6.45) is -13.2. The monoisotopic (exact) mass is 382 g/mol. The van der Waals surface area contributed by atoms with Crippen molar-refractivity contribution >= 4 is 30.4 Å². The van der Waals surface area contributed by atoms with Gasteiger partial charge in [0.05, 0.1) is 12.5 Å². The topological polar surface area (TPSA) is 107 Å². The molecule has 0 radical (unpaired) electrons. The molecule has 23 heavy (non-hydrogen) atoms. The summed E-state index contributed by atoms with van der Waals surface area (Å²) < 4.78 is 42.9. The first-order valence-electron chi connectivity index (χ1n) is 6.74. The zero-order valence-corrected chi connectivity index (χ0v) is 13.9. The van der Waals surface area contributed by atoms with Gasteiger partial charge in [0.15, 0.2) is 12.4 Å². The van der Waals surface area contributed by atoms with E-state index < -0.39 is 55.3 Å². The van der Waals surface area contributed by atoms with E-state index in [9.17, 15) is 33.3 Å². The second kappa shape index (κ2) is 11.4. The number of aliphatic carboxylic acids is 1. The Morgan fingerprint density at radius 1 is 1.26 bits per heavy atom. The van der Waals surface area contributed by atoms with Gasteiger partial charge in [0.1, 0.15) is 6.10 Å². The van der Waals surface area contributed by atoms with Gasteiger partial charge >= 0.3 is 12.1 Å². The van der Waals surface area contributed by atoms with Crippen LogP contribution < -0.4 is 0 Å². The molecular formula is C12H21F3O6S2. The lowest BCUT2D eigenvalue weighted by molar-refractivity contribution is -0.273. The van der Waals surface area contributed by atoms with Crippen molar-refractivity contribution in [3.8, 4) is 0 Å². The number of carbonyl (C=O) groups is 1. The minimum Gasteiger partial charge on any atom is -0.481 e. The fourth-order valence-electron chi connectivity index (χ4n) is 1.51. The molecule has 0 amide bonds. The van der Waals surface area contributed by atoms with Crippen molar-refractivity contribution < 1.29 is 43.1 Å². The highest BCUT2D eigenvalue weighted by Gasteiger charge is 2.42. The zero-order valence-electron chi connectivity index (χ0n) is 12.1. The molecule has 0 aliphatic heterocycles. The van der Waals surface area contributed by atoms with Gasteiger partial charge in [-0.1, -0.05) is 0 Å². The van der Waals surface area contributed by atoms with Crippen molar-refractivity contribution in [2.24, 2.45) is 0 Å². The van der Waals surface area contributed by atoms with E-state index in [1.807, 2.05) is 0 Å². The van der Waals surface area contributed by atoms with Gasteiger partial charge in [0, 0.05) is 12.2 Å². The summed E-state index contributed by atoms with van der Waals surface area (Å²) in [5.74, 6) is -0.824. The molecule has 0 aromatic heterocycles. The van der Waals surface area contributed by atoms with Crippen LogP contribution in [0.2, 0.25) is 0 Å². The van der Waals surface area contributed by atoms with Crippen LogP contribution in [0.15, 0.2) is 0 Å². The van der Waals surface area contributed by atoms with Crippen molar-refractivity contribution in [2.75, 3.05) is 17.3 Å². The molecule has 4 unspecified atom stereocenters. The first-order valence-corrected chi connectivity index (χ1v) is 8.53. The standard InChI is InChI=1S/C12H21F3O6S2/c13-12(14,15)9(6-23-3-1-2-22)21-11(20)8(17)4-7(16)5-10(18)19/h7-9,11,16-17,20,22H,1-6H2,(H,18,19). The SMILES string of the molecule is O=C(O)CC(O)CC(O)C(O)OC(CSCCCS)C(F)(F)F. The second-order valence-electron chi connectivity index (χ2n) is 4.76. The van der Waals surface area contributed by atoms with Gasteiger partial charge in [-0.25, -0.2) is 0 Å². The van der Waals surface area contributed by atoms with Crippen LogP contribution in [0.25, 0.3) is 0 Å². The van der Waals surface area contributed by atoms with Crippen molar-refractivity contribution in [3.05, 3.63) is 0 Å². The summed E-state index contributed by atoms with van der Waals surface area (Å²) in [7, 11) is 0. The summed E-state index contributed by atoms with van der Waals surface area (Å²) in [5.41, 5.74) is 0. The van der Waals surface area contributed by atoms with Crippen molar-refractivity contribution in [3.63, 3.8) is 0 Å². The maximum Gasteiger partial charge on any atom is 0.415 e. The van der Waals surface area contributed by atoms with Crippen LogP contribution in [0.4, 0.5) is 13.2 Å². The number of aliphatic hydroxyl groups excluding tert-OH is 3. The lowest BCUT2D eigenvalue weighted by Crippen LogP contribution is -2.42. The first-order chi connectivity index (χ1) is 10.6. The Morgan fingerprint density at radius 3 is 2.35 bits per heavy atom. The smallest absolute Gasteiger partial charge is 0.415 e. The van der Waals surface area contributed by atoms with Crippen LogP contribution in [0.5, 0.6) is 0 Å². The third-order valence-electron chi connectivity index (χ3n) is 2.64. The molecule has 0 heterocycles. The summed E-state index contributed by atoms with van der Waals surface area (Å²) in [5, 5.41) is 36.7. The maximum absolute atomic E-state index is 12.8. The average molecular weight is 382 g/mol. The van der Waals surface area contributed by atoms with Crippen molar-refractivity contribution in [2.45, 2.75) is 50.0 Å². The third-order valence-corrected chi connectivity index (χ3v) is 4.07. The van der Waals surface area contributed by atoms with Crippen LogP contribution in [-0.4, -0.2) is 74.4 Å². The zero-order chi connectivity index (χ0) is 18.0. The van der Waals surface area contributed by atoms with E-state index in [2.05, 4.69) is 17.4 Å². The van der Waals surface area contributed by atoms with Crippen molar-refractivity contribution in [1.82, 2.24) is 0 Å². The minimum absolute atomic E-state index is 0.440. The fourth-order valence-corrected chi connectivity index (χ4v) is 2.88. The number of aliphatic hydroxyl groups is 3. The molecule has 0 aromatic carbocycles. The summed E-state index contributed by atoms with van der Waals surface area (Å²) in [4.78, 5) is 10.3. The number of thioether (sulfide) groups is 1. The Balaban J connectivity index is 4.45. The molecule has 0 bridgehead atoms. The van der Waals surface area contributed by atoms with Crippen LogP contribution in [0.1, 0.15) is 19.3 Å². The first kappa shape index (κ1) is 22.8. The molecule has 0 spiro atoms. The maximum atomic E-state index is 12.8. The third kappa shape index (κ3) is 11.1. The van der Waals surface area contributed by atoms with E-state index in [-0.39, 0.29) is 0 Å². The lowest BCUT2D eigenvalue weighted by atomic mass is 10.1. The molecule has 0 aliphatic carbocycles. The molecule has 0 aliphatic rings. The molecule has 0 aromatic rings. The highest BCUT2D eigenvalue weighted by molar-refractivity contribution is 7.99. The highest BCUT2D eigenvalue weighted by Crippen LogP contribution is 2.27. The molecular weight excluding hydrogens is 361 g/mol. The van der Waals surface area contributed by atoms with E-state index in [0.717, 1.165) is 11.8 Å². The van der Waals surface area contributed by atoms with E-state index in [1.54, 1.807) is 0 Å². The van der Waals surface area contributed by atoms with Gasteiger partial charge in [-0.05, 0) is 17.9 Å². The Labute approximate surface area is 141 Å². The molecule has 0 rings (SSSR count). The predicted molar refractivity (Wildman–Crippen MR) is 81.6 cm³/mol. The number of thiol groups is 1. The number of alkyl halides is 3. The predicted octanol–water partition coefficient (Wildman–Crippen LogP) is 0.892. The number of hydrogen-bond donors (Lipinski definition) is 5. The largest absolute Gasteiger partial charge is 0.481 e. The number of halogens is 3. The Kier molecular flexibility index (Phi) is 11.3. The second-order valence-corrected chi connectivity index (χ2v) is 6.36. The van der Waals surface area contributed by atoms with E-state index in [1.165, 1.54) is 0 Å². The number of carboxylic acids is 1. The van der Waals surface area contributed by atoms with Gasteiger partial charge in [-0.15, -0.1) is 0 Å². The van der Waals surface area contributed by atoms with Gasteiger partial charge < -0.3 is 25.2 Å². The van der Waals surface area contributed by atoms with Crippen LogP contribution in [0.3, 0.4) is 0 Å². The number of rotatable bonds is 12. The van der Waals surface area contributed by atoms with E-state index >= 15 is 0 Å². The summed E-state index contributed by atoms with van der Waals surface area (Å²) >= 11 is 4.91. The number of hydrogen-bond acceptors (Lipinski definition) is 7. The van der Waals surface area contributed by atoms with Gasteiger partial charge in [0.2, 0.25) is 0 Å². The quantitative estimate of drug-likeness (QED) is 0.194. The normalized spacial score (nSPS) is 17.5. The van der Waals surface area contributed by atoms with Crippen molar-refractivity contribution in [1.29, 1.82) is 0 Å². The number of carboxylic acid groups (broad SMARTS) is 1. The van der Waals surface area contributed by atoms with E-state index in [0.29, 0.717) is 17.9 Å². The molecule has 0 saturated heterocycles. The Morgan fingerprint density at radius 2 is 1.87 bits per heavy atom. The van der Waals surface area contributed by atoms with Gasteiger partial charge in [0.25, 0.3) is 0 Å². The molecule has 0 saturated carbocycles. The van der Waals surface area contributed by atoms with E-state index in [4.69, 9.17) is 5.11 Å². The minimum atomic E-state index is -4.73. The molecule has 11 heteroatoms. The average Bonchev–Trinajstić information content (AvgIpc) is 2.39. The summed E-state index contributed by atoms with van der Waals surface area (Å²) in [6.45, 7) is 0. The Hall–Kier alpha value is -0.200. The lowest BCUT2D eigenvalue weighted by Gasteiger charge is -2.26. The fraction of sp³-hybridized carbons (Fsp3) is 0.917. The molecule has 4 atom stereocenters. The van der Waals surface area contributed by atoms with Gasteiger partial charge in [-0.3, -0.25) is 4.79 Å². The molecule has 4 N–H and O–H groups in total. The molecule has 138 valence electrons. The van der Waals surface area contributed by atoms with Crippen LogP contribution >= 0.6 is 24.4 Å². The van der Waals surface area contributed by atoms with Gasteiger partial charge in [-0.2, -0.15) is 37.6 Å². The number of ether oxygens (including phenoxy) is 1. The highest BCUT2D eigenvalue weighted by atomic mass is 32.2. The summed E-state index contributed by atoms with van der Waals surface area (Å²) in [6, 6.07) is 0. The molecule has 0 fully saturated rings. The Bertz CT molecular complexity index is 345.